The molecule has 0 spiro atoms. The zero-order valence-electron chi connectivity index (χ0n) is 11.5. The first kappa shape index (κ1) is 14.8. The molecule has 104 valence electrons. The van der Waals surface area contributed by atoms with E-state index in [2.05, 4.69) is 4.72 Å². The smallest absolute Gasteiger partial charge is 0.136 e. The summed E-state index contributed by atoms with van der Waals surface area (Å²) in [5.74, 6) is -0.226. The van der Waals surface area contributed by atoms with E-state index < -0.39 is 11.4 Å². The molecule has 1 N–H and O–H groups in total. The Kier molecular flexibility index (Phi) is 4.20. The van der Waals surface area contributed by atoms with E-state index in [0.717, 1.165) is 15.0 Å². The van der Waals surface area contributed by atoms with E-state index in [0.29, 0.717) is 0 Å². The van der Waals surface area contributed by atoms with Crippen molar-refractivity contribution < 1.29 is 8.94 Å². The number of rotatable bonds is 3. The Morgan fingerprint density at radius 3 is 2.63 bits per heavy atom. The van der Waals surface area contributed by atoms with Crippen molar-refractivity contribution in [2.45, 2.75) is 38.5 Å². The van der Waals surface area contributed by atoms with Crippen molar-refractivity contribution in [3.63, 3.8) is 0 Å². The molecular formula is C14H18FNOS2. The number of thiophene rings is 1. The molecule has 0 amide bonds. The minimum Gasteiger partial charge on any atom is -0.598 e. The monoisotopic (exact) mass is 299 g/mol. The predicted molar refractivity (Wildman–Crippen MR) is 81.2 cm³/mol. The molecule has 0 unspecified atom stereocenters. The van der Waals surface area contributed by atoms with Gasteiger partial charge in [0, 0.05) is 20.9 Å². The molecular weight excluding hydrogens is 281 g/mol. The van der Waals surface area contributed by atoms with Gasteiger partial charge in [0.15, 0.2) is 0 Å². The summed E-state index contributed by atoms with van der Waals surface area (Å²) >= 11 is 0.492. The van der Waals surface area contributed by atoms with E-state index >= 15 is 0 Å². The SMILES string of the molecule is C[C@@H](N[S@@+]([O-])C(C)(C)C)c1cc2cc(F)ccc2s1. The van der Waals surface area contributed by atoms with Crippen LogP contribution in [0.1, 0.15) is 38.6 Å². The van der Waals surface area contributed by atoms with E-state index in [9.17, 15) is 8.94 Å². The predicted octanol–water partition coefficient (Wildman–Crippen LogP) is 4.15. The van der Waals surface area contributed by atoms with E-state index in [1.54, 1.807) is 17.4 Å². The van der Waals surface area contributed by atoms with Crippen molar-refractivity contribution in [2.24, 2.45) is 0 Å². The van der Waals surface area contributed by atoms with Crippen LogP contribution in [-0.4, -0.2) is 9.30 Å². The van der Waals surface area contributed by atoms with Crippen molar-refractivity contribution >= 4 is 32.8 Å². The summed E-state index contributed by atoms with van der Waals surface area (Å²) < 4.78 is 29.1. The molecule has 0 saturated carbocycles. The Hall–Kier alpha value is -0.620. The first-order chi connectivity index (χ1) is 8.77. The van der Waals surface area contributed by atoms with Crippen LogP contribution in [0.4, 0.5) is 4.39 Å². The van der Waals surface area contributed by atoms with Gasteiger partial charge in [-0.05, 0) is 57.3 Å². The van der Waals surface area contributed by atoms with Gasteiger partial charge in [0.25, 0.3) is 0 Å². The Morgan fingerprint density at radius 1 is 1.32 bits per heavy atom. The maximum atomic E-state index is 13.2. The van der Waals surface area contributed by atoms with Gasteiger partial charge in [-0.3, -0.25) is 0 Å². The van der Waals surface area contributed by atoms with Gasteiger partial charge in [0.1, 0.15) is 10.6 Å². The van der Waals surface area contributed by atoms with Crippen molar-refractivity contribution in [3.8, 4) is 0 Å². The lowest BCUT2D eigenvalue weighted by Gasteiger charge is -2.26. The third-order valence-electron chi connectivity index (χ3n) is 2.76. The standard InChI is InChI=1S/C14H18FNOS2/c1-9(16-19(17)14(2,3)4)13-8-10-7-11(15)5-6-12(10)18-13/h5-9,16H,1-4H3/t9-,19+/m1/s1. The van der Waals surface area contributed by atoms with Crippen LogP contribution in [0.15, 0.2) is 24.3 Å². The second-order valence-corrected chi connectivity index (χ2v) is 8.66. The van der Waals surface area contributed by atoms with Crippen LogP contribution < -0.4 is 4.72 Å². The number of fused-ring (bicyclic) bond motifs is 1. The van der Waals surface area contributed by atoms with Crippen LogP contribution in [-0.2, 0) is 11.4 Å². The minimum atomic E-state index is -1.11. The molecule has 2 atom stereocenters. The van der Waals surface area contributed by atoms with E-state index in [1.165, 1.54) is 12.1 Å². The quantitative estimate of drug-likeness (QED) is 0.864. The summed E-state index contributed by atoms with van der Waals surface area (Å²) in [6.07, 6.45) is 0. The molecule has 19 heavy (non-hydrogen) atoms. The molecule has 5 heteroatoms. The molecule has 0 aliphatic carbocycles. The molecule has 0 bridgehead atoms. The van der Waals surface area contributed by atoms with Crippen molar-refractivity contribution in [1.29, 1.82) is 0 Å². The highest BCUT2D eigenvalue weighted by Gasteiger charge is 2.28. The lowest BCUT2D eigenvalue weighted by atomic mass is 10.2. The summed E-state index contributed by atoms with van der Waals surface area (Å²) in [5.41, 5.74) is 0. The summed E-state index contributed by atoms with van der Waals surface area (Å²) in [6, 6.07) is 6.73. The molecule has 1 aromatic carbocycles. The van der Waals surface area contributed by atoms with Gasteiger partial charge in [-0.1, -0.05) is 0 Å². The summed E-state index contributed by atoms with van der Waals surface area (Å²) in [7, 11) is 0. The van der Waals surface area contributed by atoms with Gasteiger partial charge >= 0.3 is 0 Å². The Labute approximate surface area is 120 Å². The number of hydrogen-bond donors (Lipinski definition) is 1. The Bertz CT molecular complexity index is 576. The highest BCUT2D eigenvalue weighted by molar-refractivity contribution is 7.90. The fourth-order valence-electron chi connectivity index (χ4n) is 1.64. The van der Waals surface area contributed by atoms with Crippen molar-refractivity contribution in [1.82, 2.24) is 4.72 Å². The molecule has 0 radical (unpaired) electrons. The van der Waals surface area contributed by atoms with Crippen LogP contribution in [0.3, 0.4) is 0 Å². The first-order valence-corrected chi connectivity index (χ1v) is 8.11. The van der Waals surface area contributed by atoms with E-state index in [4.69, 9.17) is 0 Å². The second-order valence-electron chi connectivity index (χ2n) is 5.55. The number of benzene rings is 1. The first-order valence-electron chi connectivity index (χ1n) is 6.14. The van der Waals surface area contributed by atoms with Gasteiger partial charge in [-0.25, -0.2) is 4.39 Å². The van der Waals surface area contributed by atoms with Crippen LogP contribution in [0, 0.1) is 5.82 Å². The Morgan fingerprint density at radius 2 is 2.00 bits per heavy atom. The molecule has 2 nitrogen and oxygen atoms in total. The molecule has 2 rings (SSSR count). The number of halogens is 1. The highest BCUT2D eigenvalue weighted by Crippen LogP contribution is 2.31. The largest absolute Gasteiger partial charge is 0.598 e. The molecule has 2 aromatic rings. The molecule has 0 aliphatic rings. The van der Waals surface area contributed by atoms with Gasteiger partial charge in [-0.15, -0.1) is 16.1 Å². The zero-order chi connectivity index (χ0) is 14.2. The van der Waals surface area contributed by atoms with Crippen molar-refractivity contribution in [3.05, 3.63) is 35.0 Å². The molecule has 0 saturated heterocycles. The minimum absolute atomic E-state index is 0.0134. The van der Waals surface area contributed by atoms with Crippen LogP contribution >= 0.6 is 11.3 Å². The average molecular weight is 299 g/mol. The van der Waals surface area contributed by atoms with Crippen LogP contribution in [0.2, 0.25) is 0 Å². The fraction of sp³-hybridized carbons (Fsp3) is 0.429. The summed E-state index contributed by atoms with van der Waals surface area (Å²) in [5, 5.41) is 0.898. The van der Waals surface area contributed by atoms with Gasteiger partial charge in [0.2, 0.25) is 0 Å². The highest BCUT2D eigenvalue weighted by atomic mass is 32.2. The summed E-state index contributed by atoms with van der Waals surface area (Å²) in [6.45, 7) is 7.78. The normalized spacial score (nSPS) is 15.7. The Balaban J connectivity index is 2.20. The number of hydrogen-bond acceptors (Lipinski definition) is 3. The second kappa shape index (κ2) is 5.40. The molecule has 1 heterocycles. The van der Waals surface area contributed by atoms with Gasteiger partial charge in [0.05, 0.1) is 6.04 Å². The lowest BCUT2D eigenvalue weighted by Crippen LogP contribution is -2.40. The number of nitrogens with one attached hydrogen (secondary N) is 1. The van der Waals surface area contributed by atoms with Crippen LogP contribution in [0.5, 0.6) is 0 Å². The third kappa shape index (κ3) is 3.48. The molecule has 0 aliphatic heterocycles. The van der Waals surface area contributed by atoms with Crippen molar-refractivity contribution in [2.75, 3.05) is 0 Å². The maximum absolute atomic E-state index is 13.2. The van der Waals surface area contributed by atoms with Gasteiger partial charge < -0.3 is 4.55 Å². The lowest BCUT2D eigenvalue weighted by molar-refractivity contribution is 0.532. The maximum Gasteiger partial charge on any atom is 0.136 e. The van der Waals surface area contributed by atoms with E-state index in [-0.39, 0.29) is 16.6 Å². The average Bonchev–Trinajstić information content (AvgIpc) is 2.70. The summed E-state index contributed by atoms with van der Waals surface area (Å²) in [4.78, 5) is 1.07. The van der Waals surface area contributed by atoms with Gasteiger partial charge in [-0.2, -0.15) is 0 Å². The third-order valence-corrected chi connectivity index (χ3v) is 5.74. The fourth-order valence-corrected chi connectivity index (χ4v) is 3.57. The zero-order valence-corrected chi connectivity index (χ0v) is 13.1. The topological polar surface area (TPSA) is 35.1 Å². The molecule has 0 fully saturated rings. The van der Waals surface area contributed by atoms with E-state index in [1.807, 2.05) is 33.8 Å². The van der Waals surface area contributed by atoms with Crippen LogP contribution in [0.25, 0.3) is 10.1 Å². The molecule has 1 aromatic heterocycles.